The van der Waals surface area contributed by atoms with Gasteiger partial charge in [0.25, 0.3) is 0 Å². The van der Waals surface area contributed by atoms with Crippen molar-refractivity contribution in [1.29, 1.82) is 0 Å². The van der Waals surface area contributed by atoms with Crippen LogP contribution in [0.1, 0.15) is 43.2 Å². The molecule has 4 rings (SSSR count). The van der Waals surface area contributed by atoms with Crippen LogP contribution in [0, 0.1) is 0 Å². The van der Waals surface area contributed by atoms with E-state index in [0.29, 0.717) is 37.1 Å². The second kappa shape index (κ2) is 11.4. The summed E-state index contributed by atoms with van der Waals surface area (Å²) >= 11 is 7.70. The number of ether oxygens (including phenoxy) is 2. The van der Waals surface area contributed by atoms with Gasteiger partial charge in [0.05, 0.1) is 12.1 Å². The molecule has 1 N–H and O–H groups in total. The molecule has 0 bridgehead atoms. The van der Waals surface area contributed by atoms with Gasteiger partial charge in [-0.05, 0) is 74.4 Å². The van der Waals surface area contributed by atoms with Crippen LogP contribution in [0.25, 0.3) is 0 Å². The Morgan fingerprint density at radius 2 is 2.09 bits per heavy atom. The highest BCUT2D eigenvalue weighted by atomic mass is 35.5. The molecule has 1 aromatic heterocycles. The zero-order chi connectivity index (χ0) is 24.1. The molecule has 7 nitrogen and oxygen atoms in total. The van der Waals surface area contributed by atoms with Crippen LogP contribution < -0.4 is 10.1 Å². The molecule has 0 radical (unpaired) electrons. The number of nitrogens with zero attached hydrogens (tertiary/aromatic N) is 2. The number of rotatable bonds is 8. The lowest BCUT2D eigenvalue weighted by atomic mass is 10.0. The van der Waals surface area contributed by atoms with Gasteiger partial charge >= 0.3 is 6.03 Å². The summed E-state index contributed by atoms with van der Waals surface area (Å²) in [5.74, 6) is 0.619. The summed E-state index contributed by atoms with van der Waals surface area (Å²) in [6, 6.07) is 8.83. The van der Waals surface area contributed by atoms with E-state index >= 15 is 0 Å². The molecule has 1 saturated heterocycles. The first kappa shape index (κ1) is 24.8. The summed E-state index contributed by atoms with van der Waals surface area (Å²) in [4.78, 5) is 31.2. The number of urea groups is 1. The molecule has 0 unspecified atom stereocenters. The monoisotopic (exact) mass is 505 g/mol. The van der Waals surface area contributed by atoms with Crippen molar-refractivity contribution < 1.29 is 19.1 Å². The average Bonchev–Trinajstić information content (AvgIpc) is 3.49. The number of benzene rings is 1. The third kappa shape index (κ3) is 6.23. The molecular weight excluding hydrogens is 474 g/mol. The lowest BCUT2D eigenvalue weighted by Gasteiger charge is -2.37. The molecule has 3 heterocycles. The molecule has 184 valence electrons. The van der Waals surface area contributed by atoms with Crippen molar-refractivity contribution in [3.63, 3.8) is 0 Å². The van der Waals surface area contributed by atoms with Crippen molar-refractivity contribution in [1.82, 2.24) is 15.1 Å². The quantitative estimate of drug-likeness (QED) is 0.573. The summed E-state index contributed by atoms with van der Waals surface area (Å²) in [6.07, 6.45) is 2.66. The summed E-state index contributed by atoms with van der Waals surface area (Å²) < 4.78 is 11.8. The molecule has 0 spiro atoms. The Hall–Kier alpha value is -2.29. The third-order valence-electron chi connectivity index (χ3n) is 6.11. The van der Waals surface area contributed by atoms with Crippen LogP contribution in [0.2, 0.25) is 5.02 Å². The maximum Gasteiger partial charge on any atom is 0.318 e. The van der Waals surface area contributed by atoms with Crippen molar-refractivity contribution in [2.45, 2.75) is 51.3 Å². The molecular formula is C25H32ClN3O4S. The van der Waals surface area contributed by atoms with Crippen LogP contribution in [0.3, 0.4) is 0 Å². The Bertz CT molecular complexity index is 975. The smallest absolute Gasteiger partial charge is 0.318 e. The summed E-state index contributed by atoms with van der Waals surface area (Å²) in [5, 5.41) is 5.64. The van der Waals surface area contributed by atoms with Crippen LogP contribution in [0.15, 0.2) is 35.7 Å². The van der Waals surface area contributed by atoms with E-state index in [9.17, 15) is 9.59 Å². The highest BCUT2D eigenvalue weighted by Crippen LogP contribution is 2.34. The molecule has 2 aromatic rings. The van der Waals surface area contributed by atoms with E-state index in [4.69, 9.17) is 21.1 Å². The molecule has 2 aliphatic heterocycles. The Morgan fingerprint density at radius 1 is 1.29 bits per heavy atom. The highest BCUT2D eigenvalue weighted by Gasteiger charge is 2.34. The first-order valence-electron chi connectivity index (χ1n) is 11.8. The second-order valence-corrected chi connectivity index (χ2v) is 10.5. The van der Waals surface area contributed by atoms with E-state index in [1.54, 1.807) is 28.4 Å². The number of hydrogen-bond donors (Lipinski definition) is 1. The van der Waals surface area contributed by atoms with Crippen LogP contribution >= 0.6 is 22.9 Å². The minimum atomic E-state index is -0.235. The molecule has 0 saturated carbocycles. The van der Waals surface area contributed by atoms with Crippen molar-refractivity contribution in [2.24, 2.45) is 0 Å². The number of fused-ring (bicyclic) bond motifs is 1. The van der Waals surface area contributed by atoms with Gasteiger partial charge in [0.15, 0.2) is 0 Å². The fraction of sp³-hybridized carbons (Fsp3) is 0.520. The topological polar surface area (TPSA) is 71.1 Å². The molecule has 9 heteroatoms. The van der Waals surface area contributed by atoms with Crippen molar-refractivity contribution in [3.8, 4) is 5.75 Å². The van der Waals surface area contributed by atoms with Crippen LogP contribution in [0.5, 0.6) is 5.75 Å². The normalized spacial score (nSPS) is 19.7. The Kier molecular flexibility index (Phi) is 8.34. The van der Waals surface area contributed by atoms with E-state index in [-0.39, 0.29) is 36.7 Å². The highest BCUT2D eigenvalue weighted by molar-refractivity contribution is 7.10. The number of nitrogens with one attached hydrogen (secondary N) is 1. The minimum Gasteiger partial charge on any atom is -0.491 e. The van der Waals surface area contributed by atoms with Crippen LogP contribution in [0.4, 0.5) is 4.79 Å². The predicted molar refractivity (Wildman–Crippen MR) is 134 cm³/mol. The second-order valence-electron chi connectivity index (χ2n) is 9.04. The number of carbonyl (C=O) groups excluding carboxylic acids is 2. The number of thiophene rings is 1. The largest absolute Gasteiger partial charge is 0.491 e. The van der Waals surface area contributed by atoms with Gasteiger partial charge in [0, 0.05) is 35.6 Å². The van der Waals surface area contributed by atoms with Gasteiger partial charge in [-0.15, -0.1) is 11.3 Å². The standard InChI is InChI=1S/C25H32ClN3O4S/c1-17(2)27-25(31)28(14-20-4-3-12-32-20)15-24(30)29-11-9-23-21(10-13-34-23)22(29)16-33-19-7-5-18(26)6-8-19/h5-8,10,13,17,20,22H,3-4,9,11-12,14-16H2,1-2H3,(H,27,31)/t20-,22+/m1/s1. The lowest BCUT2D eigenvalue weighted by Crippen LogP contribution is -2.52. The van der Waals surface area contributed by atoms with E-state index in [2.05, 4.69) is 16.8 Å². The number of carbonyl (C=O) groups is 2. The van der Waals surface area contributed by atoms with E-state index in [1.165, 1.54) is 4.88 Å². The SMILES string of the molecule is CC(C)NC(=O)N(CC(=O)N1CCc2sccc2[C@@H]1COc1ccc(Cl)cc1)C[C@H]1CCCO1. The van der Waals surface area contributed by atoms with Gasteiger partial charge in [-0.2, -0.15) is 0 Å². The van der Waals surface area contributed by atoms with Crippen molar-refractivity contribution in [3.05, 3.63) is 51.2 Å². The lowest BCUT2D eigenvalue weighted by molar-refractivity contribution is -0.135. The number of amides is 3. The summed E-state index contributed by atoms with van der Waals surface area (Å²) in [5.41, 5.74) is 1.12. The molecule has 34 heavy (non-hydrogen) atoms. The first-order chi connectivity index (χ1) is 16.4. The van der Waals surface area contributed by atoms with E-state index in [1.807, 2.05) is 30.9 Å². The molecule has 2 aliphatic rings. The number of halogens is 1. The average molecular weight is 506 g/mol. The van der Waals surface area contributed by atoms with Gasteiger partial charge in [-0.1, -0.05) is 11.6 Å². The fourth-order valence-corrected chi connectivity index (χ4v) is 5.48. The number of hydrogen-bond acceptors (Lipinski definition) is 5. The molecule has 1 aromatic carbocycles. The molecule has 1 fully saturated rings. The van der Waals surface area contributed by atoms with Gasteiger partial charge in [0.1, 0.15) is 18.9 Å². The zero-order valence-electron chi connectivity index (χ0n) is 19.7. The van der Waals surface area contributed by atoms with E-state index in [0.717, 1.165) is 24.8 Å². The Labute approximate surface area is 210 Å². The summed E-state index contributed by atoms with van der Waals surface area (Å²) in [7, 11) is 0. The summed E-state index contributed by atoms with van der Waals surface area (Å²) in [6.45, 7) is 5.88. The van der Waals surface area contributed by atoms with Gasteiger partial charge in [0.2, 0.25) is 5.91 Å². The van der Waals surface area contributed by atoms with Crippen LogP contribution in [-0.4, -0.2) is 66.7 Å². The first-order valence-corrected chi connectivity index (χ1v) is 13.1. The van der Waals surface area contributed by atoms with Crippen molar-refractivity contribution >= 4 is 34.9 Å². The van der Waals surface area contributed by atoms with Gasteiger partial charge in [-0.25, -0.2) is 4.79 Å². The van der Waals surface area contributed by atoms with Gasteiger partial charge < -0.3 is 24.6 Å². The third-order valence-corrected chi connectivity index (χ3v) is 7.36. The molecule has 0 aliphatic carbocycles. The Balaban J connectivity index is 1.48. The zero-order valence-corrected chi connectivity index (χ0v) is 21.2. The predicted octanol–water partition coefficient (Wildman–Crippen LogP) is 4.51. The van der Waals surface area contributed by atoms with Gasteiger partial charge in [-0.3, -0.25) is 4.79 Å². The Morgan fingerprint density at radius 3 is 2.79 bits per heavy atom. The maximum absolute atomic E-state index is 13.6. The van der Waals surface area contributed by atoms with Crippen LogP contribution in [-0.2, 0) is 16.0 Å². The fourth-order valence-electron chi connectivity index (χ4n) is 4.43. The van der Waals surface area contributed by atoms with Crippen molar-refractivity contribution in [2.75, 3.05) is 32.8 Å². The molecule has 3 amide bonds. The maximum atomic E-state index is 13.6. The van der Waals surface area contributed by atoms with E-state index < -0.39 is 0 Å². The minimum absolute atomic E-state index is 0.00925. The molecule has 2 atom stereocenters.